The summed E-state index contributed by atoms with van der Waals surface area (Å²) in [7, 11) is 0. The molecule has 0 spiro atoms. The van der Waals surface area contributed by atoms with Crippen LogP contribution in [0.4, 0.5) is 0 Å². The minimum absolute atomic E-state index is 0.0131. The van der Waals surface area contributed by atoms with Crippen LogP contribution in [0.2, 0.25) is 0 Å². The van der Waals surface area contributed by atoms with Crippen molar-refractivity contribution in [3.63, 3.8) is 0 Å². The van der Waals surface area contributed by atoms with Gasteiger partial charge in [-0.05, 0) is 12.8 Å². The van der Waals surface area contributed by atoms with Crippen LogP contribution in [0.3, 0.4) is 0 Å². The summed E-state index contributed by atoms with van der Waals surface area (Å²) in [5.41, 5.74) is 0. The first-order chi connectivity index (χ1) is 17.6. The van der Waals surface area contributed by atoms with Crippen LogP contribution in [-0.2, 0) is 48.0 Å². The highest BCUT2D eigenvalue weighted by Crippen LogP contribution is 2.13. The predicted molar refractivity (Wildman–Crippen MR) is 121 cm³/mol. The Labute approximate surface area is 211 Å². The standard InChI is InChI=1S/C23H28N4O10/c28-15(3-1-5-23(36)37-27-21(34)10-11-22(27)35)13-25-18(31)7-6-16(29)14-24-17(30)4-2-12-26-19(32)8-9-20(26)33/h8-9H,1-7,10-14H2,(H,24,30)(H,25,31). The summed E-state index contributed by atoms with van der Waals surface area (Å²) >= 11 is 0. The van der Waals surface area contributed by atoms with E-state index < -0.39 is 47.2 Å². The Hall–Kier alpha value is -4.23. The van der Waals surface area contributed by atoms with Gasteiger partial charge < -0.3 is 15.5 Å². The minimum atomic E-state index is -0.819. The molecule has 2 rings (SSSR count). The highest BCUT2D eigenvalue weighted by molar-refractivity contribution is 6.12. The molecular formula is C23H28N4O10. The molecule has 200 valence electrons. The summed E-state index contributed by atoms with van der Waals surface area (Å²) in [5, 5.41) is 5.20. The van der Waals surface area contributed by atoms with Crippen molar-refractivity contribution in [2.75, 3.05) is 19.6 Å². The van der Waals surface area contributed by atoms with Crippen LogP contribution in [0.1, 0.15) is 57.8 Å². The van der Waals surface area contributed by atoms with Crippen molar-refractivity contribution in [3.8, 4) is 0 Å². The van der Waals surface area contributed by atoms with Gasteiger partial charge in [-0.1, -0.05) is 0 Å². The Morgan fingerprint density at radius 1 is 0.703 bits per heavy atom. The zero-order chi connectivity index (χ0) is 27.4. The molecule has 37 heavy (non-hydrogen) atoms. The molecule has 0 aromatic carbocycles. The van der Waals surface area contributed by atoms with E-state index in [0.717, 1.165) is 17.1 Å². The van der Waals surface area contributed by atoms with E-state index in [2.05, 4.69) is 15.5 Å². The zero-order valence-corrected chi connectivity index (χ0v) is 20.1. The third-order valence-electron chi connectivity index (χ3n) is 5.32. The minimum Gasteiger partial charge on any atom is -0.349 e. The van der Waals surface area contributed by atoms with Crippen molar-refractivity contribution in [2.24, 2.45) is 0 Å². The van der Waals surface area contributed by atoms with Crippen molar-refractivity contribution in [1.82, 2.24) is 20.6 Å². The fourth-order valence-corrected chi connectivity index (χ4v) is 3.29. The van der Waals surface area contributed by atoms with Gasteiger partial charge in [0.2, 0.25) is 11.8 Å². The molecule has 2 aliphatic rings. The smallest absolute Gasteiger partial charge is 0.333 e. The molecule has 0 aromatic rings. The van der Waals surface area contributed by atoms with Gasteiger partial charge in [-0.25, -0.2) is 4.79 Å². The van der Waals surface area contributed by atoms with Crippen molar-refractivity contribution in [1.29, 1.82) is 0 Å². The van der Waals surface area contributed by atoms with Crippen LogP contribution < -0.4 is 10.6 Å². The number of nitrogens with one attached hydrogen (secondary N) is 2. The Morgan fingerprint density at radius 3 is 1.84 bits per heavy atom. The van der Waals surface area contributed by atoms with Crippen molar-refractivity contribution in [2.45, 2.75) is 57.8 Å². The van der Waals surface area contributed by atoms with Gasteiger partial charge in [0.15, 0.2) is 11.6 Å². The number of imide groups is 2. The number of carbonyl (C=O) groups excluding carboxylic acids is 9. The lowest BCUT2D eigenvalue weighted by Gasteiger charge is -2.13. The SMILES string of the molecule is O=C(CCC(=O)NCC(=O)CCCC(=O)ON1C(=O)CCC1=O)CNC(=O)CCCN1C(=O)C=CC1=O. The molecule has 0 unspecified atom stereocenters. The Bertz CT molecular complexity index is 985. The van der Waals surface area contributed by atoms with E-state index >= 15 is 0 Å². The van der Waals surface area contributed by atoms with E-state index in [9.17, 15) is 43.2 Å². The average Bonchev–Trinajstić information content (AvgIpc) is 3.35. The van der Waals surface area contributed by atoms with Gasteiger partial charge in [0.25, 0.3) is 23.6 Å². The lowest BCUT2D eigenvalue weighted by molar-refractivity contribution is -0.197. The molecule has 1 fully saturated rings. The summed E-state index contributed by atoms with van der Waals surface area (Å²) in [6.45, 7) is -0.478. The number of hydrogen-bond acceptors (Lipinski definition) is 10. The van der Waals surface area contributed by atoms with Gasteiger partial charge >= 0.3 is 5.97 Å². The van der Waals surface area contributed by atoms with E-state index in [1.165, 1.54) is 0 Å². The molecule has 0 aromatic heterocycles. The number of carbonyl (C=O) groups is 9. The van der Waals surface area contributed by atoms with Crippen LogP contribution in [0.5, 0.6) is 0 Å². The van der Waals surface area contributed by atoms with Gasteiger partial charge in [0, 0.05) is 63.6 Å². The van der Waals surface area contributed by atoms with Crippen LogP contribution in [-0.4, -0.2) is 82.6 Å². The largest absolute Gasteiger partial charge is 0.349 e. The second kappa shape index (κ2) is 14.4. The molecular weight excluding hydrogens is 492 g/mol. The third-order valence-corrected chi connectivity index (χ3v) is 5.32. The Balaban J connectivity index is 1.49. The lowest BCUT2D eigenvalue weighted by Crippen LogP contribution is -2.34. The first-order valence-corrected chi connectivity index (χ1v) is 11.7. The fraction of sp³-hybridized carbons (Fsp3) is 0.522. The van der Waals surface area contributed by atoms with Crippen molar-refractivity contribution >= 4 is 53.0 Å². The highest BCUT2D eigenvalue weighted by Gasteiger charge is 2.32. The molecule has 0 atom stereocenters. The molecule has 6 amide bonds. The second-order valence-electron chi connectivity index (χ2n) is 8.29. The summed E-state index contributed by atoms with van der Waals surface area (Å²) in [6.07, 6.45) is 2.06. The molecule has 2 heterocycles. The first-order valence-electron chi connectivity index (χ1n) is 11.7. The van der Waals surface area contributed by atoms with Gasteiger partial charge in [0.05, 0.1) is 13.1 Å². The number of hydrogen-bond donors (Lipinski definition) is 2. The maximum absolute atomic E-state index is 11.9. The molecule has 0 bridgehead atoms. The van der Waals surface area contributed by atoms with Gasteiger partial charge in [-0.3, -0.25) is 43.3 Å². The van der Waals surface area contributed by atoms with Gasteiger partial charge in [0.1, 0.15) is 0 Å². The van der Waals surface area contributed by atoms with Crippen molar-refractivity contribution < 1.29 is 48.0 Å². The molecule has 14 heteroatoms. The maximum atomic E-state index is 11.9. The van der Waals surface area contributed by atoms with E-state index in [-0.39, 0.29) is 83.2 Å². The molecule has 1 saturated heterocycles. The second-order valence-corrected chi connectivity index (χ2v) is 8.29. The van der Waals surface area contributed by atoms with E-state index in [1.54, 1.807) is 0 Å². The molecule has 0 saturated carbocycles. The molecule has 0 radical (unpaired) electrons. The predicted octanol–water partition coefficient (Wildman–Crippen LogP) is -1.38. The quantitative estimate of drug-likeness (QED) is 0.229. The van der Waals surface area contributed by atoms with Crippen LogP contribution >= 0.6 is 0 Å². The van der Waals surface area contributed by atoms with Crippen LogP contribution in [0.25, 0.3) is 0 Å². The number of amides is 6. The summed E-state index contributed by atoms with van der Waals surface area (Å²) in [5.74, 6) is -4.60. The number of hydroxylamine groups is 2. The molecule has 0 aliphatic carbocycles. The normalized spacial score (nSPS) is 14.8. The number of Topliss-reactive ketones (excluding diaryl/α,β-unsaturated/α-hetero) is 2. The van der Waals surface area contributed by atoms with Gasteiger partial charge in [-0.15, -0.1) is 5.06 Å². The first kappa shape index (κ1) is 29.0. The third kappa shape index (κ3) is 10.1. The number of rotatable bonds is 16. The molecule has 14 nitrogen and oxygen atoms in total. The summed E-state index contributed by atoms with van der Waals surface area (Å²) in [6, 6.07) is 0. The van der Waals surface area contributed by atoms with Crippen LogP contribution in [0, 0.1) is 0 Å². The molecule has 2 N–H and O–H groups in total. The fourth-order valence-electron chi connectivity index (χ4n) is 3.29. The number of ketones is 2. The van der Waals surface area contributed by atoms with Crippen LogP contribution in [0.15, 0.2) is 12.2 Å². The van der Waals surface area contributed by atoms with E-state index in [0.29, 0.717) is 5.06 Å². The topological polar surface area (TPSA) is 193 Å². The number of nitrogens with zero attached hydrogens (tertiary/aromatic N) is 2. The van der Waals surface area contributed by atoms with E-state index in [4.69, 9.17) is 0 Å². The average molecular weight is 520 g/mol. The lowest BCUT2D eigenvalue weighted by atomic mass is 10.1. The summed E-state index contributed by atoms with van der Waals surface area (Å²) < 4.78 is 0. The Kier molecular flexibility index (Phi) is 11.3. The van der Waals surface area contributed by atoms with Crippen molar-refractivity contribution in [3.05, 3.63) is 12.2 Å². The monoisotopic (exact) mass is 520 g/mol. The summed E-state index contributed by atoms with van der Waals surface area (Å²) in [4.78, 5) is 110. The Morgan fingerprint density at radius 2 is 1.24 bits per heavy atom. The molecule has 2 aliphatic heterocycles. The maximum Gasteiger partial charge on any atom is 0.333 e. The zero-order valence-electron chi connectivity index (χ0n) is 20.1. The highest BCUT2D eigenvalue weighted by atomic mass is 16.7. The van der Waals surface area contributed by atoms with Gasteiger partial charge in [-0.2, -0.15) is 0 Å². The van der Waals surface area contributed by atoms with E-state index in [1.807, 2.05) is 0 Å².